The SMILES string of the molecule is N#Cc1[nH]ncc1-c1nc(CSc2ccccc2F)no1. The van der Waals surface area contributed by atoms with Gasteiger partial charge < -0.3 is 4.52 Å². The molecule has 1 aromatic carbocycles. The average Bonchev–Trinajstić information content (AvgIpc) is 3.14. The first kappa shape index (κ1) is 13.3. The first-order chi connectivity index (χ1) is 10.3. The zero-order valence-electron chi connectivity index (χ0n) is 10.6. The number of H-pyrrole nitrogens is 1. The van der Waals surface area contributed by atoms with Crippen molar-refractivity contribution in [3.63, 3.8) is 0 Å². The van der Waals surface area contributed by atoms with Crippen LogP contribution in [0.2, 0.25) is 0 Å². The Hall–Kier alpha value is -2.66. The van der Waals surface area contributed by atoms with Gasteiger partial charge in [0.25, 0.3) is 5.89 Å². The Bertz CT molecular complexity index is 807. The molecule has 2 heterocycles. The van der Waals surface area contributed by atoms with Gasteiger partial charge in [-0.2, -0.15) is 15.3 Å². The summed E-state index contributed by atoms with van der Waals surface area (Å²) >= 11 is 1.27. The third-order valence-corrected chi connectivity index (χ3v) is 3.69. The fraction of sp³-hybridized carbons (Fsp3) is 0.0769. The molecule has 0 unspecified atom stereocenters. The minimum Gasteiger partial charge on any atom is -0.334 e. The van der Waals surface area contributed by atoms with Crippen LogP contribution >= 0.6 is 11.8 Å². The van der Waals surface area contributed by atoms with Gasteiger partial charge in [0, 0.05) is 4.90 Å². The largest absolute Gasteiger partial charge is 0.334 e. The Morgan fingerprint density at radius 3 is 3.05 bits per heavy atom. The molecule has 0 fully saturated rings. The molecule has 0 saturated carbocycles. The smallest absolute Gasteiger partial charge is 0.262 e. The predicted octanol–water partition coefficient (Wildman–Crippen LogP) is 2.76. The maximum atomic E-state index is 13.5. The lowest BCUT2D eigenvalue weighted by Crippen LogP contribution is -1.86. The molecular weight excluding hydrogens is 293 g/mol. The molecule has 0 radical (unpaired) electrons. The number of rotatable bonds is 4. The molecule has 2 aromatic heterocycles. The molecule has 0 aliphatic rings. The van der Waals surface area contributed by atoms with E-state index in [1.807, 2.05) is 6.07 Å². The number of thioether (sulfide) groups is 1. The summed E-state index contributed by atoms with van der Waals surface area (Å²) in [5.41, 5.74) is 0.707. The summed E-state index contributed by atoms with van der Waals surface area (Å²) in [5, 5.41) is 19.0. The van der Waals surface area contributed by atoms with Crippen LogP contribution < -0.4 is 0 Å². The fourth-order valence-corrected chi connectivity index (χ4v) is 2.44. The van der Waals surface area contributed by atoms with Gasteiger partial charge in [-0.1, -0.05) is 17.3 Å². The van der Waals surface area contributed by atoms with Crippen LogP contribution in [-0.4, -0.2) is 20.3 Å². The molecule has 0 amide bonds. The maximum absolute atomic E-state index is 13.5. The van der Waals surface area contributed by atoms with Gasteiger partial charge in [-0.3, -0.25) is 5.10 Å². The molecule has 0 atom stereocenters. The van der Waals surface area contributed by atoms with Gasteiger partial charge in [-0.05, 0) is 12.1 Å². The highest BCUT2D eigenvalue weighted by Gasteiger charge is 2.15. The molecule has 104 valence electrons. The van der Waals surface area contributed by atoms with Gasteiger partial charge in [0.15, 0.2) is 5.82 Å². The van der Waals surface area contributed by atoms with Crippen LogP contribution in [0.4, 0.5) is 4.39 Å². The molecular formula is C13H8FN5OS. The molecule has 8 heteroatoms. The van der Waals surface area contributed by atoms with Crippen LogP contribution in [0.25, 0.3) is 11.5 Å². The van der Waals surface area contributed by atoms with Gasteiger partial charge in [-0.25, -0.2) is 4.39 Å². The Balaban J connectivity index is 1.74. The van der Waals surface area contributed by atoms with Crippen LogP contribution in [-0.2, 0) is 5.75 Å². The summed E-state index contributed by atoms with van der Waals surface area (Å²) in [6, 6.07) is 8.43. The Kier molecular flexibility index (Phi) is 3.66. The molecule has 0 bridgehead atoms. The average molecular weight is 301 g/mol. The zero-order valence-corrected chi connectivity index (χ0v) is 11.4. The van der Waals surface area contributed by atoms with Crippen molar-refractivity contribution in [3.05, 3.63) is 47.8 Å². The van der Waals surface area contributed by atoms with E-state index >= 15 is 0 Å². The lowest BCUT2D eigenvalue weighted by Gasteiger charge is -1.99. The summed E-state index contributed by atoms with van der Waals surface area (Å²) in [4.78, 5) is 4.69. The topological polar surface area (TPSA) is 91.4 Å². The summed E-state index contributed by atoms with van der Waals surface area (Å²) in [6.07, 6.45) is 1.44. The Labute approximate surface area is 123 Å². The minimum atomic E-state index is -0.284. The number of halogens is 1. The van der Waals surface area contributed by atoms with Crippen molar-refractivity contribution in [3.8, 4) is 17.5 Å². The molecule has 0 aliphatic heterocycles. The van der Waals surface area contributed by atoms with Crippen molar-refractivity contribution in [1.29, 1.82) is 5.26 Å². The first-order valence-electron chi connectivity index (χ1n) is 5.91. The van der Waals surface area contributed by atoms with E-state index in [0.29, 0.717) is 22.0 Å². The van der Waals surface area contributed by atoms with Crippen LogP contribution in [0.3, 0.4) is 0 Å². The number of nitriles is 1. The highest BCUT2D eigenvalue weighted by Crippen LogP contribution is 2.25. The van der Waals surface area contributed by atoms with E-state index in [9.17, 15) is 4.39 Å². The van der Waals surface area contributed by atoms with Crippen LogP contribution in [0, 0.1) is 17.1 Å². The standard InChI is InChI=1S/C13H8FN5OS/c14-9-3-1-2-4-11(9)21-7-12-17-13(20-19-12)8-6-16-18-10(8)5-15/h1-4,6H,7H2,(H,16,18). The Morgan fingerprint density at radius 2 is 2.24 bits per heavy atom. The molecule has 3 aromatic rings. The Morgan fingerprint density at radius 1 is 1.38 bits per heavy atom. The van der Waals surface area contributed by atoms with Crippen molar-refractivity contribution in [2.24, 2.45) is 0 Å². The number of nitrogens with one attached hydrogen (secondary N) is 1. The van der Waals surface area contributed by atoms with Gasteiger partial charge in [0.05, 0.1) is 17.5 Å². The quantitative estimate of drug-likeness (QED) is 0.745. The zero-order chi connectivity index (χ0) is 14.7. The highest BCUT2D eigenvalue weighted by molar-refractivity contribution is 7.98. The van der Waals surface area contributed by atoms with Gasteiger partial charge in [0.1, 0.15) is 17.6 Å². The lowest BCUT2D eigenvalue weighted by molar-refractivity contribution is 0.425. The number of benzene rings is 1. The monoisotopic (exact) mass is 301 g/mol. The van der Waals surface area contributed by atoms with E-state index in [-0.39, 0.29) is 17.4 Å². The maximum Gasteiger partial charge on any atom is 0.262 e. The highest BCUT2D eigenvalue weighted by atomic mass is 32.2. The second kappa shape index (κ2) is 5.76. The van der Waals surface area contributed by atoms with Crippen molar-refractivity contribution in [2.75, 3.05) is 0 Å². The minimum absolute atomic E-state index is 0.212. The van der Waals surface area contributed by atoms with Gasteiger partial charge in [-0.15, -0.1) is 11.8 Å². The number of hydrogen-bond acceptors (Lipinski definition) is 6. The van der Waals surface area contributed by atoms with E-state index in [2.05, 4.69) is 20.3 Å². The first-order valence-corrected chi connectivity index (χ1v) is 6.90. The van der Waals surface area contributed by atoms with E-state index < -0.39 is 0 Å². The molecule has 6 nitrogen and oxygen atoms in total. The van der Waals surface area contributed by atoms with E-state index in [4.69, 9.17) is 9.78 Å². The summed E-state index contributed by atoms with van der Waals surface area (Å²) < 4.78 is 18.6. The number of hydrogen-bond donors (Lipinski definition) is 1. The van der Waals surface area contributed by atoms with Gasteiger partial charge >= 0.3 is 0 Å². The molecule has 21 heavy (non-hydrogen) atoms. The van der Waals surface area contributed by atoms with E-state index in [0.717, 1.165) is 0 Å². The van der Waals surface area contributed by atoms with Crippen molar-refractivity contribution in [1.82, 2.24) is 20.3 Å². The van der Waals surface area contributed by atoms with Crippen molar-refractivity contribution in [2.45, 2.75) is 10.6 Å². The third-order valence-electron chi connectivity index (χ3n) is 2.64. The summed E-state index contributed by atoms with van der Waals surface area (Å²) in [6.45, 7) is 0. The third kappa shape index (κ3) is 2.78. The van der Waals surface area contributed by atoms with E-state index in [1.165, 1.54) is 24.0 Å². The summed E-state index contributed by atoms with van der Waals surface area (Å²) in [5.74, 6) is 0.713. The number of aromatic nitrogens is 4. The summed E-state index contributed by atoms with van der Waals surface area (Å²) in [7, 11) is 0. The molecule has 0 spiro atoms. The van der Waals surface area contributed by atoms with Crippen molar-refractivity contribution < 1.29 is 8.91 Å². The van der Waals surface area contributed by atoms with Crippen molar-refractivity contribution >= 4 is 11.8 Å². The normalized spacial score (nSPS) is 10.5. The van der Waals surface area contributed by atoms with Gasteiger partial charge in [0.2, 0.25) is 0 Å². The van der Waals surface area contributed by atoms with Crippen LogP contribution in [0.15, 0.2) is 39.9 Å². The second-order valence-corrected chi connectivity index (χ2v) is 5.02. The fourth-order valence-electron chi connectivity index (χ4n) is 1.66. The molecule has 1 N–H and O–H groups in total. The predicted molar refractivity (Wildman–Crippen MR) is 72.6 cm³/mol. The van der Waals surface area contributed by atoms with E-state index in [1.54, 1.807) is 18.2 Å². The number of nitrogens with zero attached hydrogens (tertiary/aromatic N) is 4. The van der Waals surface area contributed by atoms with Crippen LogP contribution in [0.1, 0.15) is 11.5 Å². The van der Waals surface area contributed by atoms with Crippen LogP contribution in [0.5, 0.6) is 0 Å². The molecule has 0 aliphatic carbocycles. The lowest BCUT2D eigenvalue weighted by atomic mass is 10.2. The molecule has 3 rings (SSSR count). The number of aromatic amines is 1. The second-order valence-electron chi connectivity index (χ2n) is 4.01. The molecule has 0 saturated heterocycles.